The zero-order chi connectivity index (χ0) is 22.8. The van der Waals surface area contributed by atoms with Crippen molar-refractivity contribution in [1.82, 2.24) is 35.0 Å². The highest BCUT2D eigenvalue weighted by atomic mass is 35.5. The second kappa shape index (κ2) is 9.36. The van der Waals surface area contributed by atoms with Crippen molar-refractivity contribution in [2.75, 3.05) is 32.1 Å². The van der Waals surface area contributed by atoms with Crippen molar-refractivity contribution < 1.29 is 4.74 Å². The molecule has 3 aromatic heterocycles. The summed E-state index contributed by atoms with van der Waals surface area (Å²) in [6.45, 7) is 4.72. The van der Waals surface area contributed by atoms with Gasteiger partial charge in [0.1, 0.15) is 17.6 Å². The summed E-state index contributed by atoms with van der Waals surface area (Å²) in [7, 11) is 1.71. The SMILES string of the molecule is COc1c(CCNc2ncnc3nc[nH]c23)cc(Cl)c(C)c1-c1cnn(C2CCNCC2)c1. The van der Waals surface area contributed by atoms with Crippen LogP contribution in [0.2, 0.25) is 5.02 Å². The first-order valence-electron chi connectivity index (χ1n) is 11.1. The van der Waals surface area contributed by atoms with E-state index in [0.717, 1.165) is 65.3 Å². The number of benzene rings is 1. The average Bonchev–Trinajstić information content (AvgIpc) is 3.52. The Kier molecular flexibility index (Phi) is 6.15. The number of nitrogens with one attached hydrogen (secondary N) is 3. The molecule has 9 nitrogen and oxygen atoms in total. The monoisotopic (exact) mass is 466 g/mol. The summed E-state index contributed by atoms with van der Waals surface area (Å²) in [4.78, 5) is 15.7. The van der Waals surface area contributed by atoms with E-state index in [0.29, 0.717) is 29.7 Å². The molecule has 4 heterocycles. The third-order valence-electron chi connectivity index (χ3n) is 6.24. The average molecular weight is 467 g/mol. The van der Waals surface area contributed by atoms with Crippen LogP contribution in [0.25, 0.3) is 22.3 Å². The summed E-state index contributed by atoms with van der Waals surface area (Å²) < 4.78 is 7.99. The molecule has 0 amide bonds. The largest absolute Gasteiger partial charge is 0.496 e. The highest BCUT2D eigenvalue weighted by Gasteiger charge is 2.21. The lowest BCUT2D eigenvalue weighted by atomic mass is 9.97. The van der Waals surface area contributed by atoms with Crippen LogP contribution in [0.4, 0.5) is 5.82 Å². The molecular weight excluding hydrogens is 440 g/mol. The molecule has 0 radical (unpaired) electrons. The van der Waals surface area contributed by atoms with E-state index in [4.69, 9.17) is 16.3 Å². The number of rotatable bonds is 7. The summed E-state index contributed by atoms with van der Waals surface area (Å²) in [5, 5.41) is 12.2. The van der Waals surface area contributed by atoms with Gasteiger partial charge in [-0.25, -0.2) is 15.0 Å². The number of fused-ring (bicyclic) bond motifs is 1. The maximum Gasteiger partial charge on any atom is 0.182 e. The number of aromatic nitrogens is 6. The van der Waals surface area contributed by atoms with Crippen LogP contribution in [0.3, 0.4) is 0 Å². The molecule has 10 heteroatoms. The van der Waals surface area contributed by atoms with Gasteiger partial charge < -0.3 is 20.4 Å². The minimum atomic E-state index is 0.418. The standard InChI is InChI=1S/C23H27ClN8O/c1-14-18(24)9-15(3-8-26-22-20-23(28-12-27-20)30-13-29-22)21(33-2)19(14)16-10-31-32(11-16)17-4-6-25-7-5-17/h9-13,17,25H,3-8H2,1-2H3,(H2,26,27,28,29,30). The van der Waals surface area contributed by atoms with E-state index in [1.807, 2.05) is 19.2 Å². The first-order chi connectivity index (χ1) is 16.2. The van der Waals surface area contributed by atoms with Crippen molar-refractivity contribution in [3.8, 4) is 16.9 Å². The van der Waals surface area contributed by atoms with Gasteiger partial charge in [0, 0.05) is 28.9 Å². The van der Waals surface area contributed by atoms with Crippen LogP contribution in [-0.2, 0) is 6.42 Å². The van der Waals surface area contributed by atoms with Gasteiger partial charge in [-0.2, -0.15) is 5.10 Å². The fourth-order valence-corrected chi connectivity index (χ4v) is 4.72. The number of anilines is 1. The van der Waals surface area contributed by atoms with Gasteiger partial charge in [-0.05, 0) is 56.5 Å². The fraction of sp³-hybridized carbons (Fsp3) is 0.391. The summed E-state index contributed by atoms with van der Waals surface area (Å²) >= 11 is 6.67. The Morgan fingerprint density at radius 3 is 2.91 bits per heavy atom. The first kappa shape index (κ1) is 21.7. The molecule has 0 spiro atoms. The quantitative estimate of drug-likeness (QED) is 0.380. The van der Waals surface area contributed by atoms with Gasteiger partial charge in [-0.1, -0.05) is 11.6 Å². The molecule has 1 aliphatic rings. The van der Waals surface area contributed by atoms with E-state index in [9.17, 15) is 0 Å². The smallest absolute Gasteiger partial charge is 0.182 e. The molecule has 0 aliphatic carbocycles. The van der Waals surface area contributed by atoms with Crippen molar-refractivity contribution in [3.05, 3.63) is 47.3 Å². The van der Waals surface area contributed by atoms with Gasteiger partial charge in [-0.3, -0.25) is 4.68 Å². The van der Waals surface area contributed by atoms with Crippen molar-refractivity contribution in [2.24, 2.45) is 0 Å². The summed E-state index contributed by atoms with van der Waals surface area (Å²) in [5.74, 6) is 1.55. The van der Waals surface area contributed by atoms with E-state index >= 15 is 0 Å². The normalized spacial score (nSPS) is 14.6. The topological polar surface area (TPSA) is 106 Å². The molecule has 1 saturated heterocycles. The van der Waals surface area contributed by atoms with Crippen LogP contribution in [0.5, 0.6) is 5.75 Å². The summed E-state index contributed by atoms with van der Waals surface area (Å²) in [6.07, 6.45) is 10.0. The van der Waals surface area contributed by atoms with E-state index < -0.39 is 0 Å². The lowest BCUT2D eigenvalue weighted by Crippen LogP contribution is -2.29. The van der Waals surface area contributed by atoms with Crippen LogP contribution in [0.1, 0.15) is 30.0 Å². The Labute approximate surface area is 196 Å². The number of H-pyrrole nitrogens is 1. The highest BCUT2D eigenvalue weighted by Crippen LogP contribution is 2.40. The molecule has 172 valence electrons. The van der Waals surface area contributed by atoms with Crippen LogP contribution >= 0.6 is 11.6 Å². The number of aromatic amines is 1. The number of hydrogen-bond acceptors (Lipinski definition) is 7. The second-order valence-electron chi connectivity index (χ2n) is 8.24. The van der Waals surface area contributed by atoms with Gasteiger partial charge in [0.05, 0.1) is 25.7 Å². The van der Waals surface area contributed by atoms with Crippen molar-refractivity contribution in [1.29, 1.82) is 0 Å². The number of ether oxygens (including phenoxy) is 1. The first-order valence-corrected chi connectivity index (χ1v) is 11.5. The van der Waals surface area contributed by atoms with E-state index in [-0.39, 0.29) is 0 Å². The highest BCUT2D eigenvalue weighted by molar-refractivity contribution is 6.32. The third kappa shape index (κ3) is 4.26. The summed E-state index contributed by atoms with van der Waals surface area (Å²) in [5.41, 5.74) is 5.46. The van der Waals surface area contributed by atoms with Gasteiger partial charge in [0.15, 0.2) is 11.5 Å². The van der Waals surface area contributed by atoms with Crippen LogP contribution in [0.15, 0.2) is 31.1 Å². The van der Waals surface area contributed by atoms with Crippen LogP contribution in [0, 0.1) is 6.92 Å². The van der Waals surface area contributed by atoms with E-state index in [1.54, 1.807) is 13.4 Å². The zero-order valence-corrected chi connectivity index (χ0v) is 19.5. The Hall–Kier alpha value is -3.17. The fourth-order valence-electron chi connectivity index (χ4n) is 4.50. The Morgan fingerprint density at radius 2 is 2.09 bits per heavy atom. The number of methoxy groups -OCH3 is 1. The molecule has 0 unspecified atom stereocenters. The van der Waals surface area contributed by atoms with Crippen molar-refractivity contribution in [3.63, 3.8) is 0 Å². The number of piperidine rings is 1. The number of halogens is 1. The molecule has 1 aromatic carbocycles. The van der Waals surface area contributed by atoms with Gasteiger partial charge in [0.25, 0.3) is 0 Å². The predicted octanol–water partition coefficient (Wildman–Crippen LogP) is 3.77. The Morgan fingerprint density at radius 1 is 1.24 bits per heavy atom. The maximum atomic E-state index is 6.67. The van der Waals surface area contributed by atoms with Crippen molar-refractivity contribution >= 4 is 28.6 Å². The third-order valence-corrected chi connectivity index (χ3v) is 6.63. The van der Waals surface area contributed by atoms with Crippen molar-refractivity contribution in [2.45, 2.75) is 32.2 Å². The molecule has 1 aliphatic heterocycles. The van der Waals surface area contributed by atoms with E-state index in [2.05, 4.69) is 46.5 Å². The second-order valence-corrected chi connectivity index (χ2v) is 8.65. The zero-order valence-electron chi connectivity index (χ0n) is 18.7. The van der Waals surface area contributed by atoms with Crippen LogP contribution < -0.4 is 15.4 Å². The predicted molar refractivity (Wildman–Crippen MR) is 129 cm³/mol. The number of imidazole rings is 1. The molecule has 0 bridgehead atoms. The lowest BCUT2D eigenvalue weighted by Gasteiger charge is -2.22. The Bertz CT molecular complexity index is 1260. The molecule has 0 atom stereocenters. The summed E-state index contributed by atoms with van der Waals surface area (Å²) in [6, 6.07) is 2.41. The molecule has 5 rings (SSSR count). The molecule has 4 aromatic rings. The number of nitrogens with zero attached hydrogens (tertiary/aromatic N) is 5. The molecular formula is C23H27ClN8O. The Balaban J connectivity index is 1.41. The number of hydrogen-bond donors (Lipinski definition) is 3. The van der Waals surface area contributed by atoms with Gasteiger partial charge in [0.2, 0.25) is 0 Å². The molecule has 0 saturated carbocycles. The van der Waals surface area contributed by atoms with Gasteiger partial charge in [-0.15, -0.1) is 0 Å². The molecule has 33 heavy (non-hydrogen) atoms. The lowest BCUT2D eigenvalue weighted by molar-refractivity contribution is 0.343. The van der Waals surface area contributed by atoms with Gasteiger partial charge >= 0.3 is 0 Å². The minimum absolute atomic E-state index is 0.418. The van der Waals surface area contributed by atoms with Crippen LogP contribution in [-0.4, -0.2) is 56.5 Å². The molecule has 3 N–H and O–H groups in total. The maximum absolute atomic E-state index is 6.67. The minimum Gasteiger partial charge on any atom is -0.496 e. The molecule has 1 fully saturated rings. The van der Waals surface area contributed by atoms with E-state index in [1.165, 1.54) is 6.33 Å².